The summed E-state index contributed by atoms with van der Waals surface area (Å²) in [4.78, 5) is 0. The van der Waals surface area contributed by atoms with Gasteiger partial charge in [-0.05, 0) is 19.0 Å². The first kappa shape index (κ1) is 17.5. The van der Waals surface area contributed by atoms with Gasteiger partial charge in [0.05, 0.1) is 0 Å². The fourth-order valence-corrected chi connectivity index (χ4v) is 13.3. The summed E-state index contributed by atoms with van der Waals surface area (Å²) in [5.41, 5.74) is 0. The van der Waals surface area contributed by atoms with Crippen molar-refractivity contribution in [1.82, 2.24) is 4.23 Å². The molecule has 0 aromatic rings. The van der Waals surface area contributed by atoms with Crippen molar-refractivity contribution in [2.24, 2.45) is 0 Å². The summed E-state index contributed by atoms with van der Waals surface area (Å²) in [7, 11) is -0.180. The Labute approximate surface area is 112 Å². The van der Waals surface area contributed by atoms with E-state index in [4.69, 9.17) is 8.85 Å². The van der Waals surface area contributed by atoms with Gasteiger partial charge in [0.15, 0.2) is 0 Å². The van der Waals surface area contributed by atoms with Gasteiger partial charge in [-0.3, -0.25) is 0 Å². The first-order valence-electron chi connectivity index (χ1n) is 6.46. The van der Waals surface area contributed by atoms with Crippen molar-refractivity contribution >= 4 is 25.8 Å². The van der Waals surface area contributed by atoms with Crippen LogP contribution in [-0.4, -0.2) is 50.8 Å². The van der Waals surface area contributed by atoms with Gasteiger partial charge in [0.2, 0.25) is 0 Å². The zero-order valence-electron chi connectivity index (χ0n) is 13.0. The highest BCUT2D eigenvalue weighted by Crippen LogP contribution is 2.20. The van der Waals surface area contributed by atoms with Crippen LogP contribution in [0, 0.1) is 0 Å². The van der Waals surface area contributed by atoms with Crippen LogP contribution < -0.4 is 0 Å². The van der Waals surface area contributed by atoms with Gasteiger partial charge in [0, 0.05) is 14.2 Å². The minimum Gasteiger partial charge on any atom is -0.400 e. The SMILES string of the molecule is CO[SiH](CCCN([Si](C)(C)C)[Si](C)(C)C)OC. The first-order chi connectivity index (χ1) is 7.62. The average Bonchev–Trinajstić information content (AvgIpc) is 2.14. The maximum Gasteiger partial charge on any atom is 0.320 e. The molecule has 0 radical (unpaired) electrons. The summed E-state index contributed by atoms with van der Waals surface area (Å²) in [5.74, 6) is 0. The predicted molar refractivity (Wildman–Crippen MR) is 84.0 cm³/mol. The summed E-state index contributed by atoms with van der Waals surface area (Å²) < 4.78 is 13.6. The molecule has 0 N–H and O–H groups in total. The molecule has 0 aliphatic carbocycles. The Morgan fingerprint density at radius 1 is 0.882 bits per heavy atom. The lowest BCUT2D eigenvalue weighted by atomic mass is 10.5. The van der Waals surface area contributed by atoms with Gasteiger partial charge in [0.1, 0.15) is 16.5 Å². The molecule has 104 valence electrons. The first-order valence-corrected chi connectivity index (χ1v) is 15.1. The zero-order valence-corrected chi connectivity index (χ0v) is 16.1. The Hall–Kier alpha value is 0.531. The third-order valence-corrected chi connectivity index (χ3v) is 12.6. The van der Waals surface area contributed by atoms with E-state index in [2.05, 4.69) is 43.5 Å². The van der Waals surface area contributed by atoms with E-state index in [1.165, 1.54) is 13.0 Å². The van der Waals surface area contributed by atoms with E-state index in [9.17, 15) is 0 Å². The highest BCUT2D eigenvalue weighted by molar-refractivity contribution is 6.89. The number of nitrogens with zero attached hydrogens (tertiary/aromatic N) is 1. The van der Waals surface area contributed by atoms with Gasteiger partial charge < -0.3 is 13.1 Å². The molecule has 0 spiro atoms. The van der Waals surface area contributed by atoms with E-state index in [1.54, 1.807) is 14.2 Å². The van der Waals surface area contributed by atoms with Crippen LogP contribution in [0.25, 0.3) is 0 Å². The van der Waals surface area contributed by atoms with Crippen LogP contribution in [0.5, 0.6) is 0 Å². The van der Waals surface area contributed by atoms with Gasteiger partial charge in [-0.2, -0.15) is 0 Å². The molecule has 0 heterocycles. The molecule has 0 aliphatic rings. The van der Waals surface area contributed by atoms with Crippen LogP contribution in [0.4, 0.5) is 0 Å². The zero-order chi connectivity index (χ0) is 13.7. The van der Waals surface area contributed by atoms with Gasteiger partial charge in [-0.1, -0.05) is 39.3 Å². The topological polar surface area (TPSA) is 21.7 Å². The van der Waals surface area contributed by atoms with Crippen molar-refractivity contribution in [1.29, 1.82) is 0 Å². The van der Waals surface area contributed by atoms with E-state index < -0.39 is 25.8 Å². The minimum atomic E-state index is -1.35. The van der Waals surface area contributed by atoms with Crippen molar-refractivity contribution < 1.29 is 8.85 Å². The van der Waals surface area contributed by atoms with Crippen LogP contribution in [0.2, 0.25) is 45.3 Å². The quantitative estimate of drug-likeness (QED) is 0.642. The van der Waals surface area contributed by atoms with Crippen LogP contribution >= 0.6 is 0 Å². The van der Waals surface area contributed by atoms with E-state index in [0.717, 1.165) is 6.04 Å². The van der Waals surface area contributed by atoms with Crippen LogP contribution in [0.15, 0.2) is 0 Å². The Morgan fingerprint density at radius 2 is 1.29 bits per heavy atom. The third-order valence-electron chi connectivity index (χ3n) is 2.97. The van der Waals surface area contributed by atoms with E-state index in [0.29, 0.717) is 0 Å². The normalized spacial score (nSPS) is 13.8. The molecule has 0 unspecified atom stereocenters. The second-order valence-corrected chi connectivity index (χ2v) is 19.1. The summed E-state index contributed by atoms with van der Waals surface area (Å²) in [6, 6.07) is 1.12. The molecular weight excluding hydrogens is 262 g/mol. The number of hydrogen-bond acceptors (Lipinski definition) is 3. The smallest absolute Gasteiger partial charge is 0.320 e. The van der Waals surface area contributed by atoms with Crippen LogP contribution in [-0.2, 0) is 8.85 Å². The maximum atomic E-state index is 5.37. The van der Waals surface area contributed by atoms with Crippen molar-refractivity contribution in [3.8, 4) is 0 Å². The molecule has 0 aromatic carbocycles. The molecule has 0 saturated carbocycles. The Morgan fingerprint density at radius 3 is 1.59 bits per heavy atom. The molecule has 0 fully saturated rings. The summed E-state index contributed by atoms with van der Waals surface area (Å²) in [6.45, 7) is 15.9. The second-order valence-electron chi connectivity index (χ2n) is 6.54. The lowest BCUT2D eigenvalue weighted by Crippen LogP contribution is -2.59. The molecule has 0 bridgehead atoms. The summed E-state index contributed by atoms with van der Waals surface area (Å²) in [5, 5.41) is 0. The molecule has 0 saturated heterocycles. The Kier molecular flexibility index (Phi) is 7.43. The Balaban J connectivity index is 4.30. The fraction of sp³-hybridized carbons (Fsp3) is 1.00. The molecule has 17 heavy (non-hydrogen) atoms. The molecule has 0 atom stereocenters. The molecule has 3 nitrogen and oxygen atoms in total. The standard InChI is InChI=1S/C11H31NO2Si3/c1-13-15(14-2)11-9-10-12(16(3,4)5)17(6,7)8/h15H,9-11H2,1-8H3. The summed E-state index contributed by atoms with van der Waals surface area (Å²) in [6.07, 6.45) is 1.22. The maximum absolute atomic E-state index is 5.37. The Bertz CT molecular complexity index is 196. The molecule has 0 amide bonds. The fourth-order valence-electron chi connectivity index (χ4n) is 2.43. The van der Waals surface area contributed by atoms with Gasteiger partial charge in [-0.25, -0.2) is 0 Å². The van der Waals surface area contributed by atoms with Crippen LogP contribution in [0.1, 0.15) is 6.42 Å². The van der Waals surface area contributed by atoms with E-state index in [-0.39, 0.29) is 0 Å². The van der Waals surface area contributed by atoms with Crippen LogP contribution in [0.3, 0.4) is 0 Å². The second kappa shape index (κ2) is 7.20. The monoisotopic (exact) mass is 293 g/mol. The van der Waals surface area contributed by atoms with Gasteiger partial charge >= 0.3 is 9.28 Å². The molecule has 6 heteroatoms. The lowest BCUT2D eigenvalue weighted by molar-refractivity contribution is 0.276. The van der Waals surface area contributed by atoms with Crippen molar-refractivity contribution in [3.05, 3.63) is 0 Å². The van der Waals surface area contributed by atoms with Crippen molar-refractivity contribution in [2.45, 2.75) is 51.7 Å². The molecule has 0 aliphatic heterocycles. The largest absolute Gasteiger partial charge is 0.400 e. The highest BCUT2D eigenvalue weighted by Gasteiger charge is 2.33. The predicted octanol–water partition coefficient (Wildman–Crippen LogP) is 2.86. The molecule has 0 rings (SSSR count). The summed E-state index contributed by atoms with van der Waals surface area (Å²) >= 11 is 0. The van der Waals surface area contributed by atoms with E-state index >= 15 is 0 Å². The molecule has 0 aromatic heterocycles. The minimum absolute atomic E-state index is 1.12. The number of rotatable bonds is 8. The van der Waals surface area contributed by atoms with Gasteiger partial charge in [-0.15, -0.1) is 0 Å². The average molecular weight is 294 g/mol. The van der Waals surface area contributed by atoms with Crippen molar-refractivity contribution in [2.75, 3.05) is 20.8 Å². The third kappa shape index (κ3) is 6.88. The highest BCUT2D eigenvalue weighted by atomic mass is 28.4. The lowest BCUT2D eigenvalue weighted by Gasteiger charge is -2.43. The van der Waals surface area contributed by atoms with E-state index in [1.807, 2.05) is 0 Å². The van der Waals surface area contributed by atoms with Crippen molar-refractivity contribution in [3.63, 3.8) is 0 Å². The molecular formula is C11H31NO2Si3. The van der Waals surface area contributed by atoms with Gasteiger partial charge in [0.25, 0.3) is 0 Å². The number of hydrogen-bond donors (Lipinski definition) is 0.